The summed E-state index contributed by atoms with van der Waals surface area (Å²) in [6.45, 7) is 3.86. The van der Waals surface area contributed by atoms with Crippen LogP contribution >= 0.6 is 0 Å². The van der Waals surface area contributed by atoms with Crippen LogP contribution in [0.1, 0.15) is 25.7 Å². The van der Waals surface area contributed by atoms with E-state index in [4.69, 9.17) is 40.3 Å². The van der Waals surface area contributed by atoms with Gasteiger partial charge >= 0.3 is 6.09 Å². The predicted molar refractivity (Wildman–Crippen MR) is 82.6 cm³/mol. The lowest BCUT2D eigenvalue weighted by atomic mass is 9.90. The second kappa shape index (κ2) is 10.7. The first-order valence-corrected chi connectivity index (χ1v) is 7.86. The molecule has 2 fully saturated rings. The Hall–Kier alpha value is -0.970. The number of carboxylic acid groups (broad SMARTS) is 1. The van der Waals surface area contributed by atoms with Crippen LogP contribution in [0.5, 0.6) is 0 Å². The maximum Gasteiger partial charge on any atom is 0.402 e. The Morgan fingerprint density at radius 2 is 1.22 bits per heavy atom. The molecule has 7 N–H and O–H groups in total. The SMILES string of the molecule is NC(=O)O.NCCCC1OCC2(CO1)COC(CCCN)OC2. The Morgan fingerprint density at radius 1 is 0.913 bits per heavy atom. The number of rotatable bonds is 6. The van der Waals surface area contributed by atoms with Crippen molar-refractivity contribution in [2.45, 2.75) is 38.3 Å². The third-order valence-corrected chi connectivity index (χ3v) is 3.59. The number of amides is 1. The van der Waals surface area contributed by atoms with Crippen molar-refractivity contribution < 1.29 is 28.8 Å². The largest absolute Gasteiger partial charge is 0.465 e. The highest BCUT2D eigenvalue weighted by Gasteiger charge is 2.41. The van der Waals surface area contributed by atoms with Crippen LogP contribution in [0.25, 0.3) is 0 Å². The summed E-state index contributed by atoms with van der Waals surface area (Å²) in [7, 11) is 0. The number of primary amides is 1. The van der Waals surface area contributed by atoms with Crippen molar-refractivity contribution in [1.82, 2.24) is 0 Å². The maximum absolute atomic E-state index is 8.78. The molecule has 9 nitrogen and oxygen atoms in total. The van der Waals surface area contributed by atoms with Crippen LogP contribution in [0.4, 0.5) is 4.79 Å². The molecule has 0 saturated carbocycles. The molecular formula is C14H29N3O6. The molecule has 2 saturated heterocycles. The van der Waals surface area contributed by atoms with E-state index in [-0.39, 0.29) is 18.0 Å². The zero-order valence-electron chi connectivity index (χ0n) is 13.4. The van der Waals surface area contributed by atoms with Gasteiger partial charge in [0.25, 0.3) is 0 Å². The minimum absolute atomic E-state index is 0.121. The first-order chi connectivity index (χ1) is 11.0. The van der Waals surface area contributed by atoms with Crippen LogP contribution in [-0.2, 0) is 18.9 Å². The van der Waals surface area contributed by atoms with Gasteiger partial charge in [-0.1, -0.05) is 0 Å². The van der Waals surface area contributed by atoms with Gasteiger partial charge in [-0.2, -0.15) is 0 Å². The number of nitrogens with two attached hydrogens (primary N) is 3. The van der Waals surface area contributed by atoms with Crippen LogP contribution in [0, 0.1) is 5.41 Å². The lowest BCUT2D eigenvalue weighted by Gasteiger charge is -2.43. The molecule has 136 valence electrons. The van der Waals surface area contributed by atoms with Crippen LogP contribution in [0.15, 0.2) is 0 Å². The molecule has 0 unspecified atom stereocenters. The fraction of sp³-hybridized carbons (Fsp3) is 0.929. The summed E-state index contributed by atoms with van der Waals surface area (Å²) in [6, 6.07) is 0. The molecule has 2 aliphatic heterocycles. The molecule has 0 radical (unpaired) electrons. The molecule has 0 bridgehead atoms. The predicted octanol–water partition coefficient (Wildman–Crippen LogP) is -0.180. The summed E-state index contributed by atoms with van der Waals surface area (Å²) in [5, 5.41) is 7.19. The van der Waals surface area contributed by atoms with Crippen molar-refractivity contribution in [2.75, 3.05) is 39.5 Å². The second-order valence-electron chi connectivity index (χ2n) is 5.80. The molecule has 0 aromatic rings. The minimum Gasteiger partial charge on any atom is -0.465 e. The molecule has 0 aliphatic carbocycles. The van der Waals surface area contributed by atoms with Gasteiger partial charge in [0.1, 0.15) is 0 Å². The highest BCUT2D eigenvalue weighted by molar-refractivity contribution is 5.61. The van der Waals surface area contributed by atoms with E-state index in [1.54, 1.807) is 0 Å². The van der Waals surface area contributed by atoms with Crippen molar-refractivity contribution in [3.05, 3.63) is 0 Å². The monoisotopic (exact) mass is 335 g/mol. The van der Waals surface area contributed by atoms with E-state index in [0.717, 1.165) is 25.7 Å². The van der Waals surface area contributed by atoms with Gasteiger partial charge in [0.15, 0.2) is 12.6 Å². The van der Waals surface area contributed by atoms with E-state index < -0.39 is 6.09 Å². The molecule has 2 rings (SSSR count). The number of carbonyl (C=O) groups is 1. The molecule has 1 amide bonds. The fourth-order valence-corrected chi connectivity index (χ4v) is 2.33. The van der Waals surface area contributed by atoms with E-state index in [1.165, 1.54) is 0 Å². The summed E-state index contributed by atoms with van der Waals surface area (Å²) in [5.74, 6) is 0. The summed E-state index contributed by atoms with van der Waals surface area (Å²) in [4.78, 5) is 8.78. The van der Waals surface area contributed by atoms with Gasteiger partial charge in [-0.3, -0.25) is 0 Å². The molecule has 0 aromatic carbocycles. The number of ether oxygens (including phenoxy) is 4. The van der Waals surface area contributed by atoms with Crippen LogP contribution in [0.3, 0.4) is 0 Å². The Balaban J connectivity index is 0.000000593. The first kappa shape index (κ1) is 20.1. The average Bonchev–Trinajstić information content (AvgIpc) is 2.54. The van der Waals surface area contributed by atoms with Gasteiger partial charge in [0.2, 0.25) is 0 Å². The lowest BCUT2D eigenvalue weighted by molar-refractivity contribution is -0.304. The highest BCUT2D eigenvalue weighted by Crippen LogP contribution is 2.31. The molecule has 23 heavy (non-hydrogen) atoms. The van der Waals surface area contributed by atoms with Crippen molar-refractivity contribution in [1.29, 1.82) is 0 Å². The Morgan fingerprint density at radius 3 is 1.48 bits per heavy atom. The summed E-state index contributed by atoms with van der Waals surface area (Å²) >= 11 is 0. The average molecular weight is 335 g/mol. The summed E-state index contributed by atoms with van der Waals surface area (Å²) < 4.78 is 22.9. The van der Waals surface area contributed by atoms with E-state index in [2.05, 4.69) is 5.73 Å². The van der Waals surface area contributed by atoms with Crippen LogP contribution in [-0.4, -0.2) is 63.3 Å². The van der Waals surface area contributed by atoms with Gasteiger partial charge in [0.05, 0.1) is 31.8 Å². The van der Waals surface area contributed by atoms with Gasteiger partial charge in [-0.05, 0) is 38.8 Å². The number of hydrogen-bond donors (Lipinski definition) is 4. The third-order valence-electron chi connectivity index (χ3n) is 3.59. The molecule has 0 atom stereocenters. The molecule has 9 heteroatoms. The fourth-order valence-electron chi connectivity index (χ4n) is 2.33. The van der Waals surface area contributed by atoms with Crippen LogP contribution < -0.4 is 17.2 Å². The molecular weight excluding hydrogens is 306 g/mol. The number of hydrogen-bond acceptors (Lipinski definition) is 7. The van der Waals surface area contributed by atoms with E-state index in [0.29, 0.717) is 39.5 Å². The standard InChI is InChI=1S/C13H26N2O4.CH3NO2/c14-5-1-3-11-16-7-13(8-17-11)9-18-12(19-10-13)4-2-6-15;2-1(3)4/h11-12H,1-10,14-15H2;2H2,(H,3,4). The van der Waals surface area contributed by atoms with Crippen molar-refractivity contribution in [3.8, 4) is 0 Å². The molecule has 0 aromatic heterocycles. The van der Waals surface area contributed by atoms with Gasteiger partial charge in [0, 0.05) is 0 Å². The Bertz CT molecular complexity index is 295. The Labute approximate surface area is 136 Å². The molecule has 2 aliphatic rings. The van der Waals surface area contributed by atoms with Crippen LogP contribution in [0.2, 0.25) is 0 Å². The highest BCUT2D eigenvalue weighted by atomic mass is 16.7. The lowest BCUT2D eigenvalue weighted by Crippen LogP contribution is -2.52. The quantitative estimate of drug-likeness (QED) is 0.521. The first-order valence-electron chi connectivity index (χ1n) is 7.86. The third kappa shape index (κ3) is 7.91. The maximum atomic E-state index is 8.78. The van der Waals surface area contributed by atoms with Gasteiger partial charge < -0.3 is 41.3 Å². The summed E-state index contributed by atoms with van der Waals surface area (Å²) in [6.07, 6.45) is 1.98. The zero-order chi connectivity index (χ0) is 17.1. The zero-order valence-corrected chi connectivity index (χ0v) is 13.4. The molecule has 1 spiro atoms. The smallest absolute Gasteiger partial charge is 0.402 e. The van der Waals surface area contributed by atoms with E-state index in [1.807, 2.05) is 0 Å². The summed E-state index contributed by atoms with van der Waals surface area (Å²) in [5.41, 5.74) is 14.8. The second-order valence-corrected chi connectivity index (χ2v) is 5.80. The van der Waals surface area contributed by atoms with Crippen molar-refractivity contribution >= 4 is 6.09 Å². The minimum atomic E-state index is -1.33. The van der Waals surface area contributed by atoms with Crippen molar-refractivity contribution in [2.24, 2.45) is 22.6 Å². The molecule has 2 heterocycles. The van der Waals surface area contributed by atoms with Gasteiger partial charge in [-0.25, -0.2) is 4.79 Å². The van der Waals surface area contributed by atoms with E-state index >= 15 is 0 Å². The van der Waals surface area contributed by atoms with E-state index in [9.17, 15) is 0 Å². The van der Waals surface area contributed by atoms with Crippen molar-refractivity contribution in [3.63, 3.8) is 0 Å². The Kier molecular flexibility index (Phi) is 9.37. The van der Waals surface area contributed by atoms with Gasteiger partial charge in [-0.15, -0.1) is 0 Å². The normalized spacial score (nSPS) is 30.5. The topological polar surface area (TPSA) is 152 Å².